The minimum absolute atomic E-state index is 0.0460. The summed E-state index contributed by atoms with van der Waals surface area (Å²) in [6.07, 6.45) is 6.10. The highest BCUT2D eigenvalue weighted by Gasteiger charge is 2.17. The minimum atomic E-state index is -0.131. The predicted octanol–water partition coefficient (Wildman–Crippen LogP) is 1.88. The van der Waals surface area contributed by atoms with Crippen LogP contribution in [0.1, 0.15) is 47.9 Å². The van der Waals surface area contributed by atoms with Crippen molar-refractivity contribution in [3.8, 4) is 0 Å². The second kappa shape index (κ2) is 6.27. The Morgan fingerprint density at radius 1 is 1.45 bits per heavy atom. The van der Waals surface area contributed by atoms with E-state index < -0.39 is 0 Å². The van der Waals surface area contributed by atoms with E-state index in [4.69, 9.17) is 0 Å². The van der Waals surface area contributed by atoms with Crippen LogP contribution in [-0.2, 0) is 6.54 Å². The molecule has 0 bridgehead atoms. The number of nitrogens with one attached hydrogen (secondary N) is 1. The van der Waals surface area contributed by atoms with Gasteiger partial charge in [-0.05, 0) is 26.3 Å². The Labute approximate surface area is 118 Å². The van der Waals surface area contributed by atoms with Gasteiger partial charge in [0.15, 0.2) is 0 Å². The molecule has 0 saturated carbocycles. The van der Waals surface area contributed by atoms with Crippen molar-refractivity contribution in [3.63, 3.8) is 0 Å². The maximum Gasteiger partial charge on any atom is 0.253 e. The maximum absolute atomic E-state index is 12.3. The molecule has 0 fully saturated rings. The normalized spacial score (nSPS) is 12.2. The van der Waals surface area contributed by atoms with Gasteiger partial charge in [-0.25, -0.2) is 0 Å². The first-order valence-electron chi connectivity index (χ1n) is 6.77. The lowest BCUT2D eigenvalue weighted by Crippen LogP contribution is -2.28. The zero-order valence-electron chi connectivity index (χ0n) is 12.0. The number of carbonyl (C=O) groups excluding carboxylic acids is 1. The molecule has 6 nitrogen and oxygen atoms in total. The highest BCUT2D eigenvalue weighted by atomic mass is 16.1. The first-order valence-corrected chi connectivity index (χ1v) is 6.77. The molecular formula is C14H19N5O. The van der Waals surface area contributed by atoms with Crippen molar-refractivity contribution < 1.29 is 4.79 Å². The average molecular weight is 273 g/mol. The molecule has 1 N–H and O–H groups in total. The summed E-state index contributed by atoms with van der Waals surface area (Å²) in [6.45, 7) is 6.66. The van der Waals surface area contributed by atoms with Crippen LogP contribution in [0.4, 0.5) is 0 Å². The number of hydrogen-bond donors (Lipinski definition) is 1. The molecule has 0 aromatic carbocycles. The lowest BCUT2D eigenvalue weighted by Gasteiger charge is -2.15. The summed E-state index contributed by atoms with van der Waals surface area (Å²) in [6, 6.07) is 1.63. The van der Waals surface area contributed by atoms with Crippen LogP contribution in [0.2, 0.25) is 0 Å². The van der Waals surface area contributed by atoms with Gasteiger partial charge in [-0.1, -0.05) is 6.92 Å². The number of amides is 1. The second-order valence-corrected chi connectivity index (χ2v) is 4.59. The Morgan fingerprint density at radius 2 is 2.25 bits per heavy atom. The van der Waals surface area contributed by atoms with Crippen molar-refractivity contribution in [2.24, 2.45) is 0 Å². The van der Waals surface area contributed by atoms with Crippen molar-refractivity contribution in [3.05, 3.63) is 41.5 Å². The quantitative estimate of drug-likeness (QED) is 0.902. The van der Waals surface area contributed by atoms with Crippen LogP contribution in [0.25, 0.3) is 0 Å². The lowest BCUT2D eigenvalue weighted by atomic mass is 10.1. The van der Waals surface area contributed by atoms with Gasteiger partial charge < -0.3 is 5.32 Å². The summed E-state index contributed by atoms with van der Waals surface area (Å²) in [5, 5.41) is 14.9. The van der Waals surface area contributed by atoms with E-state index in [2.05, 4.69) is 20.6 Å². The molecule has 6 heteroatoms. The van der Waals surface area contributed by atoms with Crippen molar-refractivity contribution in [1.29, 1.82) is 0 Å². The molecular weight excluding hydrogens is 254 g/mol. The fraction of sp³-hybridized carbons (Fsp3) is 0.429. The predicted molar refractivity (Wildman–Crippen MR) is 75.2 cm³/mol. The van der Waals surface area contributed by atoms with Crippen LogP contribution >= 0.6 is 0 Å². The molecule has 0 spiro atoms. The third-order valence-corrected chi connectivity index (χ3v) is 3.24. The molecule has 20 heavy (non-hydrogen) atoms. The molecule has 0 saturated heterocycles. The van der Waals surface area contributed by atoms with Crippen LogP contribution in [-0.4, -0.2) is 25.9 Å². The van der Waals surface area contributed by atoms with E-state index >= 15 is 0 Å². The summed E-state index contributed by atoms with van der Waals surface area (Å²) in [7, 11) is 0. The summed E-state index contributed by atoms with van der Waals surface area (Å²) < 4.78 is 1.85. The molecule has 0 aliphatic carbocycles. The summed E-state index contributed by atoms with van der Waals surface area (Å²) in [4.78, 5) is 12.3. The summed E-state index contributed by atoms with van der Waals surface area (Å²) in [5.41, 5.74) is 2.20. The summed E-state index contributed by atoms with van der Waals surface area (Å²) in [5.74, 6) is -0.131. The molecule has 106 valence electrons. The average Bonchev–Trinajstić information content (AvgIpc) is 2.93. The number of aromatic nitrogens is 4. The largest absolute Gasteiger partial charge is 0.345 e. The van der Waals surface area contributed by atoms with Crippen molar-refractivity contribution in [2.45, 2.75) is 39.8 Å². The summed E-state index contributed by atoms with van der Waals surface area (Å²) >= 11 is 0. The van der Waals surface area contributed by atoms with Gasteiger partial charge in [0.25, 0.3) is 5.91 Å². The highest BCUT2D eigenvalue weighted by Crippen LogP contribution is 2.17. The van der Waals surface area contributed by atoms with Gasteiger partial charge in [-0.3, -0.25) is 9.48 Å². The van der Waals surface area contributed by atoms with Crippen molar-refractivity contribution >= 4 is 5.91 Å². The van der Waals surface area contributed by atoms with E-state index in [1.54, 1.807) is 19.2 Å². The van der Waals surface area contributed by atoms with Gasteiger partial charge in [-0.2, -0.15) is 15.3 Å². The minimum Gasteiger partial charge on any atom is -0.345 e. The fourth-order valence-electron chi connectivity index (χ4n) is 2.03. The molecule has 1 atom stereocenters. The molecule has 1 amide bonds. The van der Waals surface area contributed by atoms with Gasteiger partial charge >= 0.3 is 0 Å². The zero-order valence-corrected chi connectivity index (χ0v) is 12.0. The molecule has 0 aliphatic heterocycles. The van der Waals surface area contributed by atoms with Gasteiger partial charge in [0.2, 0.25) is 0 Å². The Bertz CT molecular complexity index is 593. The van der Waals surface area contributed by atoms with Gasteiger partial charge in [-0.15, -0.1) is 0 Å². The third kappa shape index (κ3) is 3.01. The van der Waals surface area contributed by atoms with E-state index in [-0.39, 0.29) is 11.9 Å². The Balaban J connectivity index is 2.14. The number of aryl methyl sites for hydroxylation is 2. The third-order valence-electron chi connectivity index (χ3n) is 3.24. The van der Waals surface area contributed by atoms with Crippen LogP contribution in [0.5, 0.6) is 0 Å². The van der Waals surface area contributed by atoms with E-state index in [0.29, 0.717) is 11.3 Å². The Hall–Kier alpha value is -2.24. The monoisotopic (exact) mass is 273 g/mol. The molecule has 2 aromatic rings. The lowest BCUT2D eigenvalue weighted by molar-refractivity contribution is 0.0934. The Kier molecular flexibility index (Phi) is 4.45. The smallest absolute Gasteiger partial charge is 0.253 e. The van der Waals surface area contributed by atoms with Crippen molar-refractivity contribution in [1.82, 2.24) is 25.3 Å². The molecule has 0 aliphatic rings. The van der Waals surface area contributed by atoms with Gasteiger partial charge in [0, 0.05) is 18.3 Å². The first-order chi connectivity index (χ1) is 9.65. The SMILES string of the molecule is CC[C@H](NC(=O)c1ccnnc1C)c1cnn(CC)c1. The van der Waals surface area contributed by atoms with E-state index in [0.717, 1.165) is 18.5 Å². The molecule has 0 unspecified atom stereocenters. The van der Waals surface area contributed by atoms with Crippen LogP contribution in [0, 0.1) is 6.92 Å². The van der Waals surface area contributed by atoms with Crippen molar-refractivity contribution in [2.75, 3.05) is 0 Å². The number of carbonyl (C=O) groups is 1. The number of rotatable bonds is 5. The second-order valence-electron chi connectivity index (χ2n) is 4.59. The zero-order chi connectivity index (χ0) is 14.5. The van der Waals surface area contributed by atoms with Gasteiger partial charge in [0.1, 0.15) is 0 Å². The highest BCUT2D eigenvalue weighted by molar-refractivity contribution is 5.95. The van der Waals surface area contributed by atoms with Gasteiger partial charge in [0.05, 0.1) is 29.7 Å². The van der Waals surface area contributed by atoms with Crippen LogP contribution in [0.15, 0.2) is 24.7 Å². The molecule has 0 radical (unpaired) electrons. The maximum atomic E-state index is 12.3. The Morgan fingerprint density at radius 3 is 2.85 bits per heavy atom. The van der Waals surface area contributed by atoms with Crippen LogP contribution < -0.4 is 5.32 Å². The number of nitrogens with zero attached hydrogens (tertiary/aromatic N) is 4. The first kappa shape index (κ1) is 14.2. The van der Waals surface area contributed by atoms with E-state index in [1.165, 1.54) is 6.20 Å². The molecule has 2 heterocycles. The topological polar surface area (TPSA) is 72.7 Å². The molecule has 2 aromatic heterocycles. The standard InChI is InChI=1S/C14H19N5O/c1-4-13(11-8-16-19(5-2)9-11)17-14(20)12-6-7-15-18-10(12)3/h6-9,13H,4-5H2,1-3H3,(H,17,20)/t13-/m0/s1. The van der Waals surface area contributed by atoms with Crippen LogP contribution in [0.3, 0.4) is 0 Å². The number of hydrogen-bond acceptors (Lipinski definition) is 4. The van der Waals surface area contributed by atoms with E-state index in [1.807, 2.05) is 24.7 Å². The van der Waals surface area contributed by atoms with E-state index in [9.17, 15) is 4.79 Å². The fourth-order valence-corrected chi connectivity index (χ4v) is 2.03. The molecule has 2 rings (SSSR count).